The van der Waals surface area contributed by atoms with Crippen LogP contribution in [0.25, 0.3) is 0 Å². The van der Waals surface area contributed by atoms with Crippen LogP contribution >= 0.6 is 0 Å². The third-order valence-electron chi connectivity index (χ3n) is 2.58. The monoisotopic (exact) mass is 259 g/mol. The van der Waals surface area contributed by atoms with Gasteiger partial charge in [0.15, 0.2) is 0 Å². The Labute approximate surface area is 109 Å². The molecule has 0 spiro atoms. The summed E-state index contributed by atoms with van der Waals surface area (Å²) >= 11 is 0. The molecule has 0 aromatic heterocycles. The molecule has 5 nitrogen and oxygen atoms in total. The van der Waals surface area contributed by atoms with Crippen molar-refractivity contribution in [2.45, 2.75) is 65.6 Å². The van der Waals surface area contributed by atoms with E-state index in [9.17, 15) is 9.59 Å². The fourth-order valence-electron chi connectivity index (χ4n) is 1.82. The largest absolute Gasteiger partial charge is 0.466 e. The maximum Gasteiger partial charge on any atom is 0.411 e. The lowest BCUT2D eigenvalue weighted by atomic mass is 10.2. The zero-order chi connectivity index (χ0) is 14.3. The number of ether oxygens (including phenoxy) is 2. The highest BCUT2D eigenvalue weighted by Gasteiger charge is 2.28. The molecular formula is C13H25NO4. The van der Waals surface area contributed by atoms with Crippen LogP contribution in [0.4, 0.5) is 4.79 Å². The molecule has 0 aliphatic rings. The van der Waals surface area contributed by atoms with Crippen molar-refractivity contribution in [3.63, 3.8) is 0 Å². The molecule has 1 unspecified atom stereocenters. The number of esters is 1. The molecule has 0 aliphatic heterocycles. The lowest BCUT2D eigenvalue weighted by Gasteiger charge is -2.31. The predicted octanol–water partition coefficient (Wildman–Crippen LogP) is 2.58. The first kappa shape index (κ1) is 16.7. The van der Waals surface area contributed by atoms with Crippen molar-refractivity contribution < 1.29 is 19.1 Å². The zero-order valence-electron chi connectivity index (χ0n) is 12.2. The summed E-state index contributed by atoms with van der Waals surface area (Å²) in [6, 6.07) is 0.0508. The van der Waals surface area contributed by atoms with Gasteiger partial charge in [-0.15, -0.1) is 0 Å². The number of hydrogen-bond acceptors (Lipinski definition) is 4. The molecule has 106 valence electrons. The molecule has 0 aliphatic carbocycles. The van der Waals surface area contributed by atoms with Crippen molar-refractivity contribution in [3.05, 3.63) is 0 Å². The van der Waals surface area contributed by atoms with Crippen LogP contribution in [-0.4, -0.2) is 42.3 Å². The summed E-state index contributed by atoms with van der Waals surface area (Å²) in [4.78, 5) is 25.1. The van der Waals surface area contributed by atoms with Crippen molar-refractivity contribution in [1.29, 1.82) is 0 Å². The van der Waals surface area contributed by atoms with Crippen LogP contribution < -0.4 is 0 Å². The Morgan fingerprint density at radius 3 is 1.94 bits per heavy atom. The molecule has 0 saturated carbocycles. The number of hydrogen-bond donors (Lipinski definition) is 0. The predicted molar refractivity (Wildman–Crippen MR) is 69.3 cm³/mol. The number of methoxy groups -OCH3 is 1. The van der Waals surface area contributed by atoms with E-state index >= 15 is 0 Å². The number of carbonyl (C=O) groups is 2. The quantitative estimate of drug-likeness (QED) is 0.688. The first-order chi connectivity index (χ1) is 8.34. The lowest BCUT2D eigenvalue weighted by molar-refractivity contribution is -0.151. The van der Waals surface area contributed by atoms with E-state index < -0.39 is 18.2 Å². The van der Waals surface area contributed by atoms with Gasteiger partial charge >= 0.3 is 12.1 Å². The van der Waals surface area contributed by atoms with Crippen LogP contribution in [0.5, 0.6) is 0 Å². The maximum atomic E-state index is 12.0. The summed E-state index contributed by atoms with van der Waals surface area (Å²) in [5.74, 6) is -0.502. The third-order valence-corrected chi connectivity index (χ3v) is 2.58. The third kappa shape index (κ3) is 4.94. The van der Waals surface area contributed by atoms with Gasteiger partial charge in [0.2, 0.25) is 6.10 Å². The topological polar surface area (TPSA) is 55.8 Å². The highest BCUT2D eigenvalue weighted by molar-refractivity contribution is 5.78. The van der Waals surface area contributed by atoms with Crippen LogP contribution in [0.3, 0.4) is 0 Å². The van der Waals surface area contributed by atoms with Crippen LogP contribution in [0.1, 0.15) is 47.5 Å². The smallest absolute Gasteiger partial charge is 0.411 e. The summed E-state index contributed by atoms with van der Waals surface area (Å²) in [5, 5.41) is 0. The average Bonchev–Trinajstić information content (AvgIpc) is 2.26. The van der Waals surface area contributed by atoms with Gasteiger partial charge in [-0.25, -0.2) is 9.59 Å². The summed E-state index contributed by atoms with van der Waals surface area (Å²) < 4.78 is 9.87. The fraction of sp³-hybridized carbons (Fsp3) is 0.846. The summed E-state index contributed by atoms with van der Waals surface area (Å²) in [7, 11) is 1.29. The van der Waals surface area contributed by atoms with E-state index in [1.54, 1.807) is 4.90 Å². The highest BCUT2D eigenvalue weighted by atomic mass is 16.6. The Kier molecular flexibility index (Phi) is 7.39. The number of amides is 1. The Bertz CT molecular complexity index is 268. The number of carbonyl (C=O) groups excluding carboxylic acids is 2. The average molecular weight is 259 g/mol. The molecule has 5 heteroatoms. The molecule has 0 saturated heterocycles. The fourth-order valence-corrected chi connectivity index (χ4v) is 1.82. The SMILES string of the molecule is CCCC(OC(=O)N(C(C)C)C(C)C)C(=O)OC. The van der Waals surface area contributed by atoms with E-state index in [1.165, 1.54) is 7.11 Å². The van der Waals surface area contributed by atoms with Gasteiger partial charge in [0.25, 0.3) is 0 Å². The van der Waals surface area contributed by atoms with Gasteiger partial charge in [-0.05, 0) is 34.1 Å². The van der Waals surface area contributed by atoms with E-state index in [4.69, 9.17) is 4.74 Å². The molecule has 18 heavy (non-hydrogen) atoms. The first-order valence-corrected chi connectivity index (χ1v) is 6.41. The second kappa shape index (κ2) is 7.95. The van der Waals surface area contributed by atoms with Crippen molar-refractivity contribution in [2.24, 2.45) is 0 Å². The second-order valence-electron chi connectivity index (χ2n) is 4.78. The Hall–Kier alpha value is -1.26. The van der Waals surface area contributed by atoms with E-state index in [0.29, 0.717) is 6.42 Å². The minimum Gasteiger partial charge on any atom is -0.466 e. The Balaban J connectivity index is 4.71. The molecule has 0 rings (SSSR count). The molecule has 1 atom stereocenters. The summed E-state index contributed by atoms with van der Waals surface area (Å²) in [6.45, 7) is 9.57. The van der Waals surface area contributed by atoms with E-state index in [2.05, 4.69) is 4.74 Å². The van der Waals surface area contributed by atoms with E-state index in [0.717, 1.165) is 6.42 Å². The maximum absolute atomic E-state index is 12.0. The highest BCUT2D eigenvalue weighted by Crippen LogP contribution is 2.12. The van der Waals surface area contributed by atoms with Gasteiger partial charge in [-0.2, -0.15) is 0 Å². The Morgan fingerprint density at radius 2 is 1.61 bits per heavy atom. The molecular weight excluding hydrogens is 234 g/mol. The van der Waals surface area contributed by atoms with Crippen LogP contribution in [-0.2, 0) is 14.3 Å². The molecule has 0 aromatic carbocycles. The van der Waals surface area contributed by atoms with E-state index in [-0.39, 0.29) is 12.1 Å². The number of rotatable bonds is 6. The number of nitrogens with zero attached hydrogens (tertiary/aromatic N) is 1. The van der Waals surface area contributed by atoms with Crippen LogP contribution in [0, 0.1) is 0 Å². The molecule has 0 fully saturated rings. The van der Waals surface area contributed by atoms with Gasteiger partial charge in [-0.3, -0.25) is 0 Å². The summed E-state index contributed by atoms with van der Waals surface area (Å²) in [5.41, 5.74) is 0. The molecule has 0 radical (unpaired) electrons. The van der Waals surface area contributed by atoms with Crippen molar-refractivity contribution in [3.8, 4) is 0 Å². The van der Waals surface area contributed by atoms with Crippen molar-refractivity contribution >= 4 is 12.1 Å². The summed E-state index contributed by atoms with van der Waals surface area (Å²) in [6.07, 6.45) is -0.0601. The Morgan fingerprint density at radius 1 is 1.11 bits per heavy atom. The lowest BCUT2D eigenvalue weighted by Crippen LogP contribution is -2.44. The molecule has 0 bridgehead atoms. The van der Waals surface area contributed by atoms with Gasteiger partial charge in [0, 0.05) is 12.1 Å². The van der Waals surface area contributed by atoms with Gasteiger partial charge in [-0.1, -0.05) is 13.3 Å². The molecule has 0 aromatic rings. The molecule has 0 N–H and O–H groups in total. The minimum atomic E-state index is -0.813. The van der Waals surface area contributed by atoms with Gasteiger partial charge < -0.3 is 14.4 Å². The zero-order valence-corrected chi connectivity index (χ0v) is 12.2. The van der Waals surface area contributed by atoms with Crippen LogP contribution in [0.2, 0.25) is 0 Å². The molecule has 1 amide bonds. The normalized spacial score (nSPS) is 12.4. The van der Waals surface area contributed by atoms with Gasteiger partial charge in [0.05, 0.1) is 7.11 Å². The van der Waals surface area contributed by atoms with Crippen molar-refractivity contribution in [2.75, 3.05) is 7.11 Å². The first-order valence-electron chi connectivity index (χ1n) is 6.41. The van der Waals surface area contributed by atoms with Crippen molar-refractivity contribution in [1.82, 2.24) is 4.90 Å². The van der Waals surface area contributed by atoms with E-state index in [1.807, 2.05) is 34.6 Å². The standard InChI is InChI=1S/C13H25NO4/c1-7-8-11(12(15)17-6)18-13(16)14(9(2)3)10(4)5/h9-11H,7-8H2,1-6H3. The van der Waals surface area contributed by atoms with Gasteiger partial charge in [0.1, 0.15) is 0 Å². The molecule has 0 heterocycles. The minimum absolute atomic E-state index is 0.0254. The second-order valence-corrected chi connectivity index (χ2v) is 4.78. The van der Waals surface area contributed by atoms with Crippen LogP contribution in [0.15, 0.2) is 0 Å².